The maximum atomic E-state index is 12.9. The molecule has 0 saturated carbocycles. The lowest BCUT2D eigenvalue weighted by molar-refractivity contribution is 0.262. The quantitative estimate of drug-likeness (QED) is 0.498. The third-order valence-corrected chi connectivity index (χ3v) is 5.91. The molecule has 0 aliphatic rings. The first-order chi connectivity index (χ1) is 13.9. The van der Waals surface area contributed by atoms with Crippen molar-refractivity contribution in [3.8, 4) is 6.07 Å². The largest absolute Gasteiger partial charge is 0.323 e. The van der Waals surface area contributed by atoms with Crippen molar-refractivity contribution in [3.05, 3.63) is 82.8 Å². The van der Waals surface area contributed by atoms with Crippen LogP contribution in [-0.4, -0.2) is 14.4 Å². The molecule has 0 bridgehead atoms. The second kappa shape index (κ2) is 8.77. The molecule has 0 aliphatic heterocycles. The third-order valence-electron chi connectivity index (χ3n) is 3.80. The summed E-state index contributed by atoms with van der Waals surface area (Å²) in [5, 5.41) is 14.3. The molecule has 3 rings (SSSR count). The van der Waals surface area contributed by atoms with Gasteiger partial charge in [-0.25, -0.2) is 13.2 Å². The van der Waals surface area contributed by atoms with Crippen LogP contribution in [0.5, 0.6) is 0 Å². The van der Waals surface area contributed by atoms with Crippen LogP contribution in [0.25, 0.3) is 0 Å². The third kappa shape index (κ3) is 5.13. The van der Waals surface area contributed by atoms with Crippen LogP contribution in [0.4, 0.5) is 21.9 Å². The van der Waals surface area contributed by atoms with E-state index in [-0.39, 0.29) is 16.1 Å². The number of nitriles is 1. The zero-order chi connectivity index (χ0) is 20.9. The zero-order valence-corrected chi connectivity index (χ0v) is 17.3. The molecule has 0 radical (unpaired) electrons. The maximum absolute atomic E-state index is 12.9. The maximum Gasteiger partial charge on any atom is 0.323 e. The van der Waals surface area contributed by atoms with Crippen molar-refractivity contribution in [2.75, 3.05) is 15.4 Å². The fourth-order valence-corrected chi connectivity index (χ4v) is 4.10. The minimum atomic E-state index is -4.06. The van der Waals surface area contributed by atoms with E-state index in [0.717, 1.165) is 0 Å². The lowest BCUT2D eigenvalue weighted by atomic mass is 10.2. The Morgan fingerprint density at radius 2 is 1.55 bits per heavy atom. The number of hydrogen-bond donors (Lipinski definition) is 3. The second-order valence-corrected chi connectivity index (χ2v) is 8.36. The van der Waals surface area contributed by atoms with Gasteiger partial charge in [0.25, 0.3) is 10.0 Å². The number of para-hydroxylation sites is 2. The van der Waals surface area contributed by atoms with E-state index in [9.17, 15) is 13.2 Å². The number of anilines is 3. The molecule has 0 aliphatic carbocycles. The predicted octanol–water partition coefficient (Wildman–Crippen LogP) is 4.77. The van der Waals surface area contributed by atoms with E-state index in [1.54, 1.807) is 54.6 Å². The van der Waals surface area contributed by atoms with E-state index in [4.69, 9.17) is 5.26 Å². The Bertz CT molecular complexity index is 1190. The molecule has 29 heavy (non-hydrogen) atoms. The Hall–Kier alpha value is -3.35. The van der Waals surface area contributed by atoms with Crippen LogP contribution in [-0.2, 0) is 10.0 Å². The molecule has 3 aromatic carbocycles. The summed E-state index contributed by atoms with van der Waals surface area (Å²) in [7, 11) is -4.06. The first kappa shape index (κ1) is 20.4. The molecule has 0 saturated heterocycles. The topological polar surface area (TPSA) is 111 Å². The van der Waals surface area contributed by atoms with Crippen LogP contribution in [0.15, 0.2) is 82.2 Å². The van der Waals surface area contributed by atoms with Crippen LogP contribution in [0.1, 0.15) is 5.56 Å². The molecule has 3 N–H and O–H groups in total. The minimum Gasteiger partial charge on any atom is -0.307 e. The van der Waals surface area contributed by atoms with Crippen molar-refractivity contribution in [2.24, 2.45) is 0 Å². The molecule has 0 unspecified atom stereocenters. The van der Waals surface area contributed by atoms with E-state index < -0.39 is 16.1 Å². The lowest BCUT2D eigenvalue weighted by Crippen LogP contribution is -2.22. The molecule has 3 aromatic rings. The van der Waals surface area contributed by atoms with Gasteiger partial charge in [0.2, 0.25) is 0 Å². The first-order valence-corrected chi connectivity index (χ1v) is 10.6. The number of nitrogens with one attached hydrogen (secondary N) is 3. The van der Waals surface area contributed by atoms with Gasteiger partial charge in [-0.1, -0.05) is 30.3 Å². The van der Waals surface area contributed by atoms with Gasteiger partial charge >= 0.3 is 6.03 Å². The number of halogens is 1. The van der Waals surface area contributed by atoms with Crippen LogP contribution in [0.3, 0.4) is 0 Å². The number of hydrogen-bond acceptors (Lipinski definition) is 4. The van der Waals surface area contributed by atoms with Gasteiger partial charge in [0, 0.05) is 10.2 Å². The molecular formula is C20H15BrN4O3S. The smallest absolute Gasteiger partial charge is 0.307 e. The van der Waals surface area contributed by atoms with Crippen molar-refractivity contribution in [3.63, 3.8) is 0 Å². The number of benzene rings is 3. The van der Waals surface area contributed by atoms with Gasteiger partial charge in [-0.3, -0.25) is 4.72 Å². The van der Waals surface area contributed by atoms with Gasteiger partial charge in [0.15, 0.2) is 0 Å². The number of nitrogens with zero attached hydrogens (tertiary/aromatic N) is 1. The zero-order valence-electron chi connectivity index (χ0n) is 14.9. The number of urea groups is 1. The first-order valence-electron chi connectivity index (χ1n) is 8.33. The van der Waals surface area contributed by atoms with Gasteiger partial charge < -0.3 is 10.6 Å². The van der Waals surface area contributed by atoms with E-state index in [2.05, 4.69) is 31.3 Å². The summed E-state index contributed by atoms with van der Waals surface area (Å²) in [6.07, 6.45) is 0. The highest BCUT2D eigenvalue weighted by Gasteiger charge is 2.21. The SMILES string of the molecule is N#Cc1ccc(NC(=O)Nc2ccccc2Br)c(S(=O)(=O)Nc2ccccc2)c1. The average molecular weight is 471 g/mol. The molecule has 7 nitrogen and oxygen atoms in total. The Labute approximate surface area is 176 Å². The van der Waals surface area contributed by atoms with Crippen LogP contribution in [0, 0.1) is 11.3 Å². The van der Waals surface area contributed by atoms with Gasteiger partial charge in [-0.15, -0.1) is 0 Å². The van der Waals surface area contributed by atoms with E-state index in [1.807, 2.05) is 6.07 Å². The number of carbonyl (C=O) groups excluding carboxylic acids is 1. The second-order valence-electron chi connectivity index (χ2n) is 5.85. The summed E-state index contributed by atoms with van der Waals surface area (Å²) in [5.74, 6) is 0. The number of rotatable bonds is 5. The molecule has 9 heteroatoms. The van der Waals surface area contributed by atoms with Gasteiger partial charge in [-0.2, -0.15) is 5.26 Å². The summed E-state index contributed by atoms with van der Waals surface area (Å²) in [6, 6.07) is 20.6. The highest BCUT2D eigenvalue weighted by Crippen LogP contribution is 2.26. The fraction of sp³-hybridized carbons (Fsp3) is 0. The molecule has 0 aromatic heterocycles. The van der Waals surface area contributed by atoms with Crippen molar-refractivity contribution in [2.45, 2.75) is 4.90 Å². The Balaban J connectivity index is 1.90. The standard InChI is InChI=1S/C20H15BrN4O3S/c21-16-8-4-5-9-17(16)23-20(26)24-18-11-10-14(13-22)12-19(18)29(27,28)25-15-6-2-1-3-7-15/h1-12,25H,(H2,23,24,26). The predicted molar refractivity (Wildman–Crippen MR) is 115 cm³/mol. The Morgan fingerprint density at radius 1 is 0.897 bits per heavy atom. The van der Waals surface area contributed by atoms with Crippen LogP contribution < -0.4 is 15.4 Å². The van der Waals surface area contributed by atoms with Gasteiger partial charge in [0.05, 0.1) is 23.0 Å². The van der Waals surface area contributed by atoms with Crippen molar-refractivity contribution in [1.29, 1.82) is 5.26 Å². The van der Waals surface area contributed by atoms with Crippen LogP contribution in [0.2, 0.25) is 0 Å². The van der Waals surface area contributed by atoms with Gasteiger partial charge in [0.1, 0.15) is 4.90 Å². The molecule has 0 heterocycles. The van der Waals surface area contributed by atoms with Gasteiger partial charge in [-0.05, 0) is 58.4 Å². The molecule has 0 fully saturated rings. The molecule has 2 amide bonds. The molecular weight excluding hydrogens is 456 g/mol. The fourth-order valence-electron chi connectivity index (χ4n) is 2.47. The Kier molecular flexibility index (Phi) is 6.16. The highest BCUT2D eigenvalue weighted by atomic mass is 79.9. The lowest BCUT2D eigenvalue weighted by Gasteiger charge is -2.14. The molecule has 0 atom stereocenters. The number of amides is 2. The summed E-state index contributed by atoms with van der Waals surface area (Å²) in [4.78, 5) is 12.2. The monoisotopic (exact) mass is 470 g/mol. The van der Waals surface area contributed by atoms with Crippen LogP contribution >= 0.6 is 15.9 Å². The number of sulfonamides is 1. The van der Waals surface area contributed by atoms with Crippen molar-refractivity contribution >= 4 is 49.0 Å². The minimum absolute atomic E-state index is 0.0389. The normalized spacial score (nSPS) is 10.6. The van der Waals surface area contributed by atoms with Crippen molar-refractivity contribution in [1.82, 2.24) is 0 Å². The van der Waals surface area contributed by atoms with Crippen molar-refractivity contribution < 1.29 is 13.2 Å². The summed E-state index contributed by atoms with van der Waals surface area (Å²) >= 11 is 3.33. The average Bonchev–Trinajstić information content (AvgIpc) is 2.70. The highest BCUT2D eigenvalue weighted by molar-refractivity contribution is 9.10. The number of carbonyl (C=O) groups is 1. The van der Waals surface area contributed by atoms with E-state index in [1.165, 1.54) is 18.2 Å². The van der Waals surface area contributed by atoms with E-state index >= 15 is 0 Å². The van der Waals surface area contributed by atoms with E-state index in [0.29, 0.717) is 15.8 Å². The summed E-state index contributed by atoms with van der Waals surface area (Å²) in [5.41, 5.74) is 1.07. The Morgan fingerprint density at radius 3 is 2.24 bits per heavy atom. The summed E-state index contributed by atoms with van der Waals surface area (Å²) in [6.45, 7) is 0. The molecule has 146 valence electrons. The summed E-state index contributed by atoms with van der Waals surface area (Å²) < 4.78 is 28.9. The molecule has 0 spiro atoms.